The monoisotopic (exact) mass is 232 g/mol. The molecule has 0 fully saturated rings. The summed E-state index contributed by atoms with van der Waals surface area (Å²) < 4.78 is 0. The Bertz CT molecular complexity index is 154. The molecule has 0 radical (unpaired) electrons. The minimum Gasteiger partial charge on any atom is -0.356 e. The van der Waals surface area contributed by atoms with Crippen LogP contribution in [0.5, 0.6) is 0 Å². The van der Waals surface area contributed by atoms with Crippen molar-refractivity contribution in [1.82, 2.24) is 5.32 Å². The topological polar surface area (TPSA) is 55.1 Å². The van der Waals surface area contributed by atoms with Crippen molar-refractivity contribution in [3.63, 3.8) is 0 Å². The van der Waals surface area contributed by atoms with Crippen molar-refractivity contribution in [1.29, 1.82) is 0 Å². The van der Waals surface area contributed by atoms with Gasteiger partial charge in [-0.2, -0.15) is 11.8 Å². The molecule has 15 heavy (non-hydrogen) atoms. The van der Waals surface area contributed by atoms with Crippen molar-refractivity contribution in [2.45, 2.75) is 38.5 Å². The lowest BCUT2D eigenvalue weighted by Crippen LogP contribution is -2.24. The molecule has 4 heteroatoms. The molecule has 0 aromatic rings. The number of nitrogens with two attached hydrogens (primary N) is 1. The number of rotatable bonds is 10. The van der Waals surface area contributed by atoms with Gasteiger partial charge in [0, 0.05) is 13.0 Å². The number of thioether (sulfide) groups is 1. The third-order valence-corrected chi connectivity index (χ3v) is 2.90. The van der Waals surface area contributed by atoms with Gasteiger partial charge in [0.15, 0.2) is 0 Å². The zero-order valence-corrected chi connectivity index (χ0v) is 10.6. The Labute approximate surface area is 97.6 Å². The lowest BCUT2D eigenvalue weighted by molar-refractivity contribution is -0.121. The van der Waals surface area contributed by atoms with E-state index in [1.54, 1.807) is 0 Å². The number of carbonyl (C=O) groups excluding carboxylic acids is 1. The number of unbranched alkanes of at least 4 members (excludes halogenated alkanes) is 3. The van der Waals surface area contributed by atoms with Gasteiger partial charge in [0.1, 0.15) is 0 Å². The summed E-state index contributed by atoms with van der Waals surface area (Å²) in [6, 6.07) is 0. The molecular formula is C11H24N2OS. The predicted octanol–water partition coefficient (Wildman–Crippen LogP) is 1.76. The molecule has 0 aliphatic heterocycles. The number of nitrogens with one attached hydrogen (secondary N) is 1. The molecule has 3 N–H and O–H groups in total. The van der Waals surface area contributed by atoms with E-state index in [1.165, 1.54) is 18.6 Å². The summed E-state index contributed by atoms with van der Waals surface area (Å²) in [6.45, 7) is 1.51. The van der Waals surface area contributed by atoms with Crippen LogP contribution in [0.15, 0.2) is 0 Å². The minimum atomic E-state index is 0.174. The molecule has 1 amide bonds. The van der Waals surface area contributed by atoms with Gasteiger partial charge in [-0.15, -0.1) is 0 Å². The van der Waals surface area contributed by atoms with Crippen LogP contribution in [0.1, 0.15) is 38.5 Å². The van der Waals surface area contributed by atoms with Crippen LogP contribution in [-0.2, 0) is 4.79 Å². The maximum atomic E-state index is 11.3. The summed E-state index contributed by atoms with van der Waals surface area (Å²) in [4.78, 5) is 11.3. The summed E-state index contributed by atoms with van der Waals surface area (Å²) in [6.07, 6.45) is 8.18. The third-order valence-electron chi connectivity index (χ3n) is 2.21. The van der Waals surface area contributed by atoms with Crippen molar-refractivity contribution in [3.8, 4) is 0 Å². The van der Waals surface area contributed by atoms with Gasteiger partial charge in [0.25, 0.3) is 0 Å². The summed E-state index contributed by atoms with van der Waals surface area (Å²) in [5.41, 5.74) is 5.35. The molecule has 0 aromatic heterocycles. The fourth-order valence-electron chi connectivity index (χ4n) is 1.29. The third kappa shape index (κ3) is 11.7. The van der Waals surface area contributed by atoms with Gasteiger partial charge in [-0.3, -0.25) is 4.79 Å². The van der Waals surface area contributed by atoms with Crippen molar-refractivity contribution in [2.75, 3.05) is 25.1 Å². The summed E-state index contributed by atoms with van der Waals surface area (Å²) >= 11 is 1.88. The Hall–Kier alpha value is -0.220. The predicted molar refractivity (Wildman–Crippen MR) is 68.1 cm³/mol. The number of carbonyl (C=O) groups is 1. The molecule has 3 nitrogen and oxygen atoms in total. The molecule has 0 rings (SSSR count). The van der Waals surface area contributed by atoms with Crippen LogP contribution in [0.2, 0.25) is 0 Å². The maximum absolute atomic E-state index is 11.3. The van der Waals surface area contributed by atoms with Crippen LogP contribution in [0.3, 0.4) is 0 Å². The molecule has 0 saturated carbocycles. The van der Waals surface area contributed by atoms with E-state index >= 15 is 0 Å². The van der Waals surface area contributed by atoms with E-state index in [0.29, 0.717) is 13.0 Å². The van der Waals surface area contributed by atoms with E-state index in [4.69, 9.17) is 5.73 Å². The average molecular weight is 232 g/mol. The van der Waals surface area contributed by atoms with Crippen molar-refractivity contribution in [3.05, 3.63) is 0 Å². The van der Waals surface area contributed by atoms with Crippen LogP contribution in [0.25, 0.3) is 0 Å². The first-order valence-corrected chi connectivity index (χ1v) is 7.16. The van der Waals surface area contributed by atoms with Gasteiger partial charge in [0.05, 0.1) is 0 Å². The maximum Gasteiger partial charge on any atom is 0.219 e. The van der Waals surface area contributed by atoms with E-state index in [-0.39, 0.29) is 5.91 Å². The standard InChI is InChI=1S/C11H24N2OS/c1-15-10-6-2-5-9-13-11(14)7-3-4-8-12/h2-10,12H2,1H3,(H,13,14). The number of hydrogen-bond donors (Lipinski definition) is 2. The quantitative estimate of drug-likeness (QED) is 0.564. The van der Waals surface area contributed by atoms with Crippen LogP contribution in [0.4, 0.5) is 0 Å². The molecule has 0 atom stereocenters. The highest BCUT2D eigenvalue weighted by molar-refractivity contribution is 7.98. The van der Waals surface area contributed by atoms with Gasteiger partial charge >= 0.3 is 0 Å². The van der Waals surface area contributed by atoms with E-state index in [1.807, 2.05) is 11.8 Å². The molecule has 90 valence electrons. The second kappa shape index (κ2) is 11.9. The van der Waals surface area contributed by atoms with Gasteiger partial charge in [0.2, 0.25) is 5.91 Å². The fraction of sp³-hybridized carbons (Fsp3) is 0.909. The normalized spacial score (nSPS) is 10.3. The number of amides is 1. The van der Waals surface area contributed by atoms with Crippen molar-refractivity contribution in [2.24, 2.45) is 5.73 Å². The van der Waals surface area contributed by atoms with Gasteiger partial charge in [-0.1, -0.05) is 6.42 Å². The lowest BCUT2D eigenvalue weighted by Gasteiger charge is -2.04. The van der Waals surface area contributed by atoms with Crippen LogP contribution in [0, 0.1) is 0 Å². The highest BCUT2D eigenvalue weighted by atomic mass is 32.2. The molecule has 0 bridgehead atoms. The van der Waals surface area contributed by atoms with Crippen LogP contribution >= 0.6 is 11.8 Å². The average Bonchev–Trinajstić information content (AvgIpc) is 2.23. The zero-order chi connectivity index (χ0) is 11.4. The van der Waals surface area contributed by atoms with Gasteiger partial charge in [-0.05, 0) is 44.2 Å². The lowest BCUT2D eigenvalue weighted by atomic mass is 10.2. The summed E-state index contributed by atoms with van der Waals surface area (Å²) in [5.74, 6) is 1.40. The van der Waals surface area contributed by atoms with Crippen LogP contribution in [-0.4, -0.2) is 31.0 Å². The molecule has 0 aliphatic rings. The first-order chi connectivity index (χ1) is 7.31. The SMILES string of the molecule is CSCCCCCNC(=O)CCCCN. The first-order valence-electron chi connectivity index (χ1n) is 5.77. The molecule has 0 heterocycles. The molecule has 0 aromatic carbocycles. The fourth-order valence-corrected chi connectivity index (χ4v) is 1.79. The van der Waals surface area contributed by atoms with E-state index in [0.717, 1.165) is 25.8 Å². The highest BCUT2D eigenvalue weighted by Crippen LogP contribution is 2.01. The second-order valence-corrected chi connectivity index (χ2v) is 4.63. The summed E-state index contributed by atoms with van der Waals surface area (Å²) in [5, 5.41) is 2.93. The molecule has 0 saturated heterocycles. The largest absolute Gasteiger partial charge is 0.356 e. The van der Waals surface area contributed by atoms with Gasteiger partial charge in [-0.25, -0.2) is 0 Å². The highest BCUT2D eigenvalue weighted by Gasteiger charge is 1.99. The second-order valence-electron chi connectivity index (χ2n) is 3.65. The van der Waals surface area contributed by atoms with E-state index < -0.39 is 0 Å². The Balaban J connectivity index is 3.10. The van der Waals surface area contributed by atoms with E-state index in [9.17, 15) is 4.79 Å². The van der Waals surface area contributed by atoms with Crippen LogP contribution < -0.4 is 11.1 Å². The first kappa shape index (κ1) is 14.8. The molecule has 0 spiro atoms. The minimum absolute atomic E-state index is 0.174. The molecule has 0 aliphatic carbocycles. The Morgan fingerprint density at radius 1 is 1.20 bits per heavy atom. The van der Waals surface area contributed by atoms with Crippen molar-refractivity contribution < 1.29 is 4.79 Å². The Morgan fingerprint density at radius 3 is 2.67 bits per heavy atom. The van der Waals surface area contributed by atoms with Crippen molar-refractivity contribution >= 4 is 17.7 Å². The van der Waals surface area contributed by atoms with Gasteiger partial charge < -0.3 is 11.1 Å². The Morgan fingerprint density at radius 2 is 2.00 bits per heavy atom. The molecular weight excluding hydrogens is 208 g/mol. The van der Waals surface area contributed by atoms with E-state index in [2.05, 4.69) is 11.6 Å². The zero-order valence-electron chi connectivity index (χ0n) is 9.76. The summed E-state index contributed by atoms with van der Waals surface area (Å²) in [7, 11) is 0. The number of hydrogen-bond acceptors (Lipinski definition) is 3. The Kier molecular flexibility index (Phi) is 11.7. The smallest absolute Gasteiger partial charge is 0.219 e. The molecule has 0 unspecified atom stereocenters.